The van der Waals surface area contributed by atoms with Crippen LogP contribution in [0.15, 0.2) is 48.5 Å². The molecule has 6 rings (SSSR count). The Morgan fingerprint density at radius 3 is 1.91 bits per heavy atom. The predicted molar refractivity (Wildman–Crippen MR) is 96.5 cm³/mol. The van der Waals surface area contributed by atoms with Crippen LogP contribution >= 0.6 is 0 Å². The first-order valence-electron chi connectivity index (χ1n) is 9.38. The minimum Gasteiger partial charge on any atom is -0.0619 e. The molecule has 0 amide bonds. The molecule has 2 aromatic carbocycles. The number of aryl methyl sites for hydroxylation is 1. The second-order valence-electron chi connectivity index (χ2n) is 8.61. The van der Waals surface area contributed by atoms with Gasteiger partial charge in [0.25, 0.3) is 0 Å². The summed E-state index contributed by atoms with van der Waals surface area (Å²) in [5.74, 6) is 3.02. The van der Waals surface area contributed by atoms with Crippen LogP contribution in [0, 0.1) is 24.7 Å². The van der Waals surface area contributed by atoms with Crippen molar-refractivity contribution in [1.82, 2.24) is 0 Å². The summed E-state index contributed by atoms with van der Waals surface area (Å²) in [6, 6.07) is 18.4. The Kier molecular flexibility index (Phi) is 2.99. The van der Waals surface area contributed by atoms with Crippen LogP contribution in [0.2, 0.25) is 0 Å². The molecule has 23 heavy (non-hydrogen) atoms. The van der Waals surface area contributed by atoms with E-state index in [1.807, 2.05) is 0 Å². The van der Waals surface area contributed by atoms with Crippen molar-refractivity contribution in [2.75, 3.05) is 0 Å². The first-order valence-corrected chi connectivity index (χ1v) is 9.38. The topological polar surface area (TPSA) is 0 Å². The number of hydrogen-bond donors (Lipinski definition) is 0. The molecule has 0 heteroatoms. The quantitative estimate of drug-likeness (QED) is 0.626. The third kappa shape index (κ3) is 2.18. The van der Waals surface area contributed by atoms with E-state index in [1.165, 1.54) is 55.2 Å². The normalized spacial score (nSPS) is 34.7. The monoisotopic (exact) mass is 302 g/mol. The molecule has 4 bridgehead atoms. The van der Waals surface area contributed by atoms with E-state index < -0.39 is 0 Å². The molecule has 0 aliphatic heterocycles. The third-order valence-electron chi connectivity index (χ3n) is 6.90. The highest BCUT2D eigenvalue weighted by Gasteiger charge is 2.52. The Morgan fingerprint density at radius 1 is 0.739 bits per heavy atom. The minimum absolute atomic E-state index is 0.482. The van der Waals surface area contributed by atoms with Gasteiger partial charge < -0.3 is 0 Å². The lowest BCUT2D eigenvalue weighted by Gasteiger charge is -2.57. The molecule has 4 saturated carbocycles. The van der Waals surface area contributed by atoms with E-state index in [-0.39, 0.29) is 0 Å². The summed E-state index contributed by atoms with van der Waals surface area (Å²) in [4.78, 5) is 0. The summed E-state index contributed by atoms with van der Waals surface area (Å²) in [5, 5.41) is 0. The summed E-state index contributed by atoms with van der Waals surface area (Å²) in [7, 11) is 0. The molecule has 0 radical (unpaired) electrons. The van der Waals surface area contributed by atoms with E-state index in [4.69, 9.17) is 0 Å². The Hall–Kier alpha value is -1.56. The van der Waals surface area contributed by atoms with Crippen molar-refractivity contribution >= 4 is 0 Å². The van der Waals surface area contributed by atoms with Gasteiger partial charge in [0, 0.05) is 0 Å². The van der Waals surface area contributed by atoms with E-state index in [0.717, 1.165) is 17.8 Å². The molecular formula is C23H26. The molecule has 0 saturated heterocycles. The number of benzene rings is 2. The lowest BCUT2D eigenvalue weighted by Crippen LogP contribution is -2.48. The zero-order valence-electron chi connectivity index (χ0n) is 14.1. The van der Waals surface area contributed by atoms with Crippen molar-refractivity contribution in [2.24, 2.45) is 17.8 Å². The van der Waals surface area contributed by atoms with Gasteiger partial charge in [-0.15, -0.1) is 0 Å². The lowest BCUT2D eigenvalue weighted by molar-refractivity contribution is -0.00492. The smallest absolute Gasteiger partial charge is 0.00329 e. The maximum absolute atomic E-state index is 2.45. The van der Waals surface area contributed by atoms with E-state index in [9.17, 15) is 0 Å². The van der Waals surface area contributed by atoms with Gasteiger partial charge in [-0.2, -0.15) is 0 Å². The second kappa shape index (κ2) is 4.97. The summed E-state index contributed by atoms with van der Waals surface area (Å²) in [6.45, 7) is 2.18. The van der Waals surface area contributed by atoms with Crippen LogP contribution in [0.1, 0.15) is 49.7 Å². The molecule has 4 aliphatic rings. The first kappa shape index (κ1) is 13.8. The summed E-state index contributed by atoms with van der Waals surface area (Å²) in [5.41, 5.74) is 6.39. The standard InChI is InChI=1S/C23H26/c1-16-6-8-20(9-7-16)21-4-2-3-5-22(21)23-13-17-10-18(14-23)12-19(11-17)15-23/h2-9,17-19H,10-15H2,1H3. The highest BCUT2D eigenvalue weighted by Crippen LogP contribution is 2.61. The van der Waals surface area contributed by atoms with Gasteiger partial charge in [-0.05, 0) is 85.3 Å². The van der Waals surface area contributed by atoms with Gasteiger partial charge in [-0.3, -0.25) is 0 Å². The van der Waals surface area contributed by atoms with Gasteiger partial charge in [0.1, 0.15) is 0 Å². The SMILES string of the molecule is Cc1ccc(-c2ccccc2C23CC4CC(CC(C4)C2)C3)cc1. The van der Waals surface area contributed by atoms with Gasteiger partial charge >= 0.3 is 0 Å². The fourth-order valence-electron chi connectivity index (χ4n) is 6.37. The fraction of sp³-hybridized carbons (Fsp3) is 0.478. The van der Waals surface area contributed by atoms with Crippen LogP contribution in [0.3, 0.4) is 0 Å². The average Bonchev–Trinajstić information content (AvgIpc) is 2.54. The Morgan fingerprint density at radius 2 is 1.30 bits per heavy atom. The molecule has 0 spiro atoms. The highest BCUT2D eigenvalue weighted by atomic mass is 14.6. The molecule has 0 heterocycles. The van der Waals surface area contributed by atoms with Crippen LogP contribution in [0.4, 0.5) is 0 Å². The van der Waals surface area contributed by atoms with Gasteiger partial charge in [0.05, 0.1) is 0 Å². The molecule has 0 aromatic heterocycles. The Labute approximate surface area is 139 Å². The first-order chi connectivity index (χ1) is 11.2. The average molecular weight is 302 g/mol. The van der Waals surface area contributed by atoms with Crippen molar-refractivity contribution in [2.45, 2.75) is 50.9 Å². The van der Waals surface area contributed by atoms with E-state index in [1.54, 1.807) is 5.56 Å². The van der Waals surface area contributed by atoms with Crippen molar-refractivity contribution in [3.63, 3.8) is 0 Å². The molecule has 4 fully saturated rings. The lowest BCUT2D eigenvalue weighted by atomic mass is 9.47. The van der Waals surface area contributed by atoms with Crippen LogP contribution < -0.4 is 0 Å². The van der Waals surface area contributed by atoms with Crippen LogP contribution in [0.5, 0.6) is 0 Å². The van der Waals surface area contributed by atoms with Crippen molar-refractivity contribution in [1.29, 1.82) is 0 Å². The Balaban J connectivity index is 1.62. The fourth-order valence-corrected chi connectivity index (χ4v) is 6.37. The molecule has 0 atom stereocenters. The maximum atomic E-state index is 2.45. The molecule has 0 N–H and O–H groups in total. The number of rotatable bonds is 2. The van der Waals surface area contributed by atoms with E-state index in [0.29, 0.717) is 5.41 Å². The maximum Gasteiger partial charge on any atom is -0.00329 e. The van der Waals surface area contributed by atoms with Crippen molar-refractivity contribution in [3.05, 3.63) is 59.7 Å². The molecule has 4 aliphatic carbocycles. The molecule has 118 valence electrons. The molecular weight excluding hydrogens is 276 g/mol. The van der Waals surface area contributed by atoms with Crippen molar-refractivity contribution in [3.8, 4) is 11.1 Å². The molecule has 0 nitrogen and oxygen atoms in total. The highest BCUT2D eigenvalue weighted by molar-refractivity contribution is 5.69. The van der Waals surface area contributed by atoms with Gasteiger partial charge in [-0.25, -0.2) is 0 Å². The predicted octanol–water partition coefficient (Wildman–Crippen LogP) is 6.13. The molecule has 2 aromatic rings. The van der Waals surface area contributed by atoms with E-state index >= 15 is 0 Å². The van der Waals surface area contributed by atoms with Gasteiger partial charge in [0.2, 0.25) is 0 Å². The van der Waals surface area contributed by atoms with Crippen molar-refractivity contribution < 1.29 is 0 Å². The van der Waals surface area contributed by atoms with E-state index in [2.05, 4.69) is 55.5 Å². The zero-order valence-corrected chi connectivity index (χ0v) is 14.1. The largest absolute Gasteiger partial charge is 0.0619 e. The Bertz CT molecular complexity index is 687. The summed E-state index contributed by atoms with van der Waals surface area (Å²) >= 11 is 0. The molecule has 0 unspecified atom stereocenters. The van der Waals surface area contributed by atoms with Crippen LogP contribution in [0.25, 0.3) is 11.1 Å². The summed E-state index contributed by atoms with van der Waals surface area (Å²) < 4.78 is 0. The summed E-state index contributed by atoms with van der Waals surface area (Å²) in [6.07, 6.45) is 8.90. The van der Waals surface area contributed by atoms with Gasteiger partial charge in [-0.1, -0.05) is 54.1 Å². The third-order valence-corrected chi connectivity index (χ3v) is 6.90. The zero-order chi connectivity index (χ0) is 15.4. The van der Waals surface area contributed by atoms with Crippen LogP contribution in [-0.2, 0) is 5.41 Å². The second-order valence-corrected chi connectivity index (χ2v) is 8.61. The minimum atomic E-state index is 0.482. The van der Waals surface area contributed by atoms with Gasteiger partial charge in [0.15, 0.2) is 0 Å². The number of hydrogen-bond acceptors (Lipinski definition) is 0. The van der Waals surface area contributed by atoms with Crippen LogP contribution in [-0.4, -0.2) is 0 Å².